The molecule has 0 aliphatic carbocycles. The first kappa shape index (κ1) is 7.47. The highest BCUT2D eigenvalue weighted by atomic mass is 35.5. The van der Waals surface area contributed by atoms with E-state index in [9.17, 15) is 0 Å². The molecule has 2 aliphatic rings. The fourth-order valence-electron chi connectivity index (χ4n) is 1.41. The van der Waals surface area contributed by atoms with Gasteiger partial charge in [0.1, 0.15) is 6.10 Å². The first-order chi connectivity index (χ1) is 6.34. The molecule has 68 valence electrons. The SMILES string of the molecule is Clc1cc([C@H]2CO2)cc2c1OCO2. The zero-order valence-electron chi connectivity index (χ0n) is 6.75. The molecular formula is C9H7ClO3. The van der Waals surface area contributed by atoms with Gasteiger partial charge in [0.2, 0.25) is 6.79 Å². The molecule has 0 radical (unpaired) electrons. The van der Waals surface area contributed by atoms with Gasteiger partial charge in [0.25, 0.3) is 0 Å². The van der Waals surface area contributed by atoms with Crippen LogP contribution in [0.2, 0.25) is 5.02 Å². The van der Waals surface area contributed by atoms with Crippen molar-refractivity contribution in [3.63, 3.8) is 0 Å². The van der Waals surface area contributed by atoms with Gasteiger partial charge >= 0.3 is 0 Å². The lowest BCUT2D eigenvalue weighted by molar-refractivity contribution is 0.174. The number of hydrogen-bond donors (Lipinski definition) is 0. The monoisotopic (exact) mass is 198 g/mol. The summed E-state index contributed by atoms with van der Waals surface area (Å²) in [7, 11) is 0. The maximum atomic E-state index is 5.99. The van der Waals surface area contributed by atoms with Crippen LogP contribution in [0.1, 0.15) is 11.7 Å². The van der Waals surface area contributed by atoms with Crippen molar-refractivity contribution in [1.82, 2.24) is 0 Å². The molecule has 1 saturated heterocycles. The number of fused-ring (bicyclic) bond motifs is 1. The Morgan fingerprint density at radius 1 is 1.31 bits per heavy atom. The van der Waals surface area contributed by atoms with E-state index >= 15 is 0 Å². The summed E-state index contributed by atoms with van der Waals surface area (Å²) in [5.41, 5.74) is 1.06. The van der Waals surface area contributed by atoms with Gasteiger partial charge in [0, 0.05) is 0 Å². The smallest absolute Gasteiger partial charge is 0.231 e. The molecular weight excluding hydrogens is 192 g/mol. The van der Waals surface area contributed by atoms with Crippen molar-refractivity contribution in [2.45, 2.75) is 6.10 Å². The van der Waals surface area contributed by atoms with E-state index < -0.39 is 0 Å². The minimum atomic E-state index is 0.201. The van der Waals surface area contributed by atoms with Gasteiger partial charge in [0.05, 0.1) is 11.6 Å². The van der Waals surface area contributed by atoms with Crippen LogP contribution in [0.4, 0.5) is 0 Å². The van der Waals surface area contributed by atoms with E-state index in [0.29, 0.717) is 10.8 Å². The van der Waals surface area contributed by atoms with E-state index in [1.165, 1.54) is 0 Å². The van der Waals surface area contributed by atoms with Crippen molar-refractivity contribution in [3.05, 3.63) is 22.7 Å². The molecule has 0 amide bonds. The van der Waals surface area contributed by atoms with Crippen LogP contribution in [-0.2, 0) is 4.74 Å². The number of hydrogen-bond acceptors (Lipinski definition) is 3. The van der Waals surface area contributed by atoms with Gasteiger partial charge in [0.15, 0.2) is 11.5 Å². The summed E-state index contributed by atoms with van der Waals surface area (Å²) in [5.74, 6) is 1.36. The van der Waals surface area contributed by atoms with E-state index in [-0.39, 0.29) is 12.9 Å². The Kier molecular flexibility index (Phi) is 1.45. The van der Waals surface area contributed by atoms with E-state index in [2.05, 4.69) is 0 Å². The zero-order chi connectivity index (χ0) is 8.84. The Morgan fingerprint density at radius 2 is 2.15 bits per heavy atom. The van der Waals surface area contributed by atoms with Crippen molar-refractivity contribution < 1.29 is 14.2 Å². The van der Waals surface area contributed by atoms with E-state index in [4.69, 9.17) is 25.8 Å². The van der Waals surface area contributed by atoms with Crippen molar-refractivity contribution in [2.24, 2.45) is 0 Å². The second-order valence-corrected chi connectivity index (χ2v) is 3.47. The van der Waals surface area contributed by atoms with Crippen molar-refractivity contribution in [2.75, 3.05) is 13.4 Å². The van der Waals surface area contributed by atoms with Crippen LogP contribution in [0.5, 0.6) is 11.5 Å². The molecule has 4 heteroatoms. The molecule has 2 heterocycles. The van der Waals surface area contributed by atoms with Crippen LogP contribution < -0.4 is 9.47 Å². The number of benzene rings is 1. The molecule has 3 nitrogen and oxygen atoms in total. The third-order valence-corrected chi connectivity index (χ3v) is 2.44. The van der Waals surface area contributed by atoms with Gasteiger partial charge in [-0.25, -0.2) is 0 Å². The maximum absolute atomic E-state index is 5.99. The summed E-state index contributed by atoms with van der Waals surface area (Å²) < 4.78 is 15.6. The molecule has 0 aromatic heterocycles. The Balaban J connectivity index is 2.10. The van der Waals surface area contributed by atoms with Gasteiger partial charge in [-0.1, -0.05) is 11.6 Å². The summed E-state index contributed by atoms with van der Waals surface area (Å²) in [6, 6.07) is 3.79. The van der Waals surface area contributed by atoms with Crippen LogP contribution in [0.3, 0.4) is 0 Å². The summed E-state index contributed by atoms with van der Waals surface area (Å²) in [6.45, 7) is 1.03. The molecule has 0 bridgehead atoms. The predicted octanol–water partition coefficient (Wildman–Crippen LogP) is 2.14. The topological polar surface area (TPSA) is 31.0 Å². The number of rotatable bonds is 1. The molecule has 1 aromatic rings. The van der Waals surface area contributed by atoms with Crippen LogP contribution in [0.15, 0.2) is 12.1 Å². The van der Waals surface area contributed by atoms with Crippen molar-refractivity contribution >= 4 is 11.6 Å². The van der Waals surface area contributed by atoms with Crippen molar-refractivity contribution in [3.8, 4) is 11.5 Å². The van der Waals surface area contributed by atoms with Gasteiger partial charge in [-0.05, 0) is 17.7 Å². The number of halogens is 1. The molecule has 2 aliphatic heterocycles. The molecule has 3 rings (SSSR count). The van der Waals surface area contributed by atoms with Gasteiger partial charge in [-0.15, -0.1) is 0 Å². The quantitative estimate of drug-likeness (QED) is 0.648. The first-order valence-electron chi connectivity index (χ1n) is 4.05. The highest BCUT2D eigenvalue weighted by Crippen LogP contribution is 2.43. The second-order valence-electron chi connectivity index (χ2n) is 3.06. The normalized spacial score (nSPS) is 23.3. The fourth-order valence-corrected chi connectivity index (χ4v) is 1.69. The first-order valence-corrected chi connectivity index (χ1v) is 4.43. The highest BCUT2D eigenvalue weighted by molar-refractivity contribution is 6.32. The number of epoxide rings is 1. The van der Waals surface area contributed by atoms with Crippen LogP contribution in [0, 0.1) is 0 Å². The van der Waals surface area contributed by atoms with Gasteiger partial charge in [-0.2, -0.15) is 0 Å². The van der Waals surface area contributed by atoms with Crippen molar-refractivity contribution in [1.29, 1.82) is 0 Å². The Bertz CT molecular complexity index is 360. The average molecular weight is 199 g/mol. The minimum absolute atomic E-state index is 0.201. The molecule has 0 N–H and O–H groups in total. The molecule has 13 heavy (non-hydrogen) atoms. The third-order valence-electron chi connectivity index (χ3n) is 2.15. The van der Waals surface area contributed by atoms with E-state index in [1.54, 1.807) is 0 Å². The highest BCUT2D eigenvalue weighted by Gasteiger charge is 2.28. The summed E-state index contributed by atoms with van der Waals surface area (Å²) in [5, 5.41) is 0.598. The molecule has 0 saturated carbocycles. The lowest BCUT2D eigenvalue weighted by Gasteiger charge is -2.01. The molecule has 1 aromatic carbocycles. The number of ether oxygens (including phenoxy) is 3. The Morgan fingerprint density at radius 3 is 2.92 bits per heavy atom. The lowest BCUT2D eigenvalue weighted by atomic mass is 10.1. The van der Waals surface area contributed by atoms with E-state index in [0.717, 1.165) is 17.9 Å². The molecule has 1 atom stereocenters. The van der Waals surface area contributed by atoms with E-state index in [1.807, 2.05) is 12.1 Å². The largest absolute Gasteiger partial charge is 0.454 e. The second kappa shape index (κ2) is 2.53. The Labute approximate surface area is 80.2 Å². The van der Waals surface area contributed by atoms with Gasteiger partial charge < -0.3 is 14.2 Å². The van der Waals surface area contributed by atoms with Crippen LogP contribution in [0.25, 0.3) is 0 Å². The molecule has 0 unspecified atom stereocenters. The summed E-state index contributed by atoms with van der Waals surface area (Å²) in [4.78, 5) is 0. The minimum Gasteiger partial charge on any atom is -0.454 e. The van der Waals surface area contributed by atoms with Crippen LogP contribution >= 0.6 is 11.6 Å². The molecule has 1 fully saturated rings. The summed E-state index contributed by atoms with van der Waals surface area (Å²) in [6.07, 6.45) is 0.201. The van der Waals surface area contributed by atoms with Gasteiger partial charge in [-0.3, -0.25) is 0 Å². The summed E-state index contributed by atoms with van der Waals surface area (Å²) >= 11 is 5.99. The zero-order valence-corrected chi connectivity index (χ0v) is 7.50. The fraction of sp³-hybridized carbons (Fsp3) is 0.333. The van der Waals surface area contributed by atoms with Crippen LogP contribution in [-0.4, -0.2) is 13.4 Å². The molecule has 0 spiro atoms. The standard InChI is InChI=1S/C9H7ClO3/c10-6-1-5(8-3-11-8)2-7-9(6)13-4-12-7/h1-2,8H,3-4H2/t8-/m1/s1. The average Bonchev–Trinajstić information content (AvgIpc) is 2.85. The third kappa shape index (κ3) is 1.16. The Hall–Kier alpha value is -0.930. The maximum Gasteiger partial charge on any atom is 0.231 e. The predicted molar refractivity (Wildman–Crippen MR) is 46.3 cm³/mol. The lowest BCUT2D eigenvalue weighted by Crippen LogP contribution is -1.93.